The number of benzene rings is 2. The van der Waals surface area contributed by atoms with Crippen LogP contribution in [0.3, 0.4) is 0 Å². The van der Waals surface area contributed by atoms with Gasteiger partial charge in [-0.1, -0.05) is 44.0 Å². The molecule has 148 valence electrons. The first-order valence-corrected chi connectivity index (χ1v) is 9.93. The topological polar surface area (TPSA) is 49.8 Å². The van der Waals surface area contributed by atoms with Crippen molar-refractivity contribution in [1.82, 2.24) is 4.90 Å². The highest BCUT2D eigenvalue weighted by atomic mass is 16.5. The van der Waals surface area contributed by atoms with E-state index in [1.807, 2.05) is 62.9 Å². The van der Waals surface area contributed by atoms with Crippen molar-refractivity contribution >= 4 is 16.7 Å². The van der Waals surface area contributed by atoms with Crippen molar-refractivity contribution in [2.24, 2.45) is 0 Å². The van der Waals surface area contributed by atoms with Crippen LogP contribution in [0.1, 0.15) is 75.9 Å². The SMILES string of the molecule is CCCCC(O)c1ccc2cccc(OC)c2c1C(=O)N(C(C)C)C(C)C. The molecule has 0 bridgehead atoms. The van der Waals surface area contributed by atoms with Crippen molar-refractivity contribution < 1.29 is 14.6 Å². The lowest BCUT2D eigenvalue weighted by Gasteiger charge is -2.32. The van der Waals surface area contributed by atoms with Gasteiger partial charge in [-0.3, -0.25) is 4.79 Å². The second-order valence-electron chi connectivity index (χ2n) is 7.65. The third kappa shape index (κ3) is 4.44. The van der Waals surface area contributed by atoms with E-state index in [9.17, 15) is 9.90 Å². The first-order valence-electron chi connectivity index (χ1n) is 9.93. The second kappa shape index (κ2) is 9.23. The normalized spacial score (nSPS) is 12.6. The van der Waals surface area contributed by atoms with E-state index < -0.39 is 6.10 Å². The number of aliphatic hydroxyl groups is 1. The van der Waals surface area contributed by atoms with E-state index in [-0.39, 0.29) is 18.0 Å². The molecule has 0 saturated heterocycles. The maximum absolute atomic E-state index is 13.7. The molecular formula is C23H33NO3. The molecular weight excluding hydrogens is 338 g/mol. The van der Waals surface area contributed by atoms with Crippen LogP contribution in [0.4, 0.5) is 0 Å². The van der Waals surface area contributed by atoms with E-state index in [1.54, 1.807) is 7.11 Å². The molecule has 0 fully saturated rings. The fraction of sp³-hybridized carbons (Fsp3) is 0.522. The van der Waals surface area contributed by atoms with Gasteiger partial charge in [0.1, 0.15) is 5.75 Å². The molecule has 4 heteroatoms. The summed E-state index contributed by atoms with van der Waals surface area (Å²) in [5.41, 5.74) is 1.26. The van der Waals surface area contributed by atoms with E-state index in [1.165, 1.54) is 0 Å². The number of fused-ring (bicyclic) bond motifs is 1. The highest BCUT2D eigenvalue weighted by Crippen LogP contribution is 2.36. The Morgan fingerprint density at radius 3 is 2.33 bits per heavy atom. The lowest BCUT2D eigenvalue weighted by molar-refractivity contribution is 0.0637. The van der Waals surface area contributed by atoms with Gasteiger partial charge in [-0.05, 0) is 51.1 Å². The number of ether oxygens (including phenoxy) is 1. The lowest BCUT2D eigenvalue weighted by atomic mass is 9.91. The highest BCUT2D eigenvalue weighted by molar-refractivity contribution is 6.11. The van der Waals surface area contributed by atoms with Gasteiger partial charge in [0.15, 0.2) is 0 Å². The number of carbonyl (C=O) groups is 1. The van der Waals surface area contributed by atoms with Crippen molar-refractivity contribution in [3.8, 4) is 5.75 Å². The van der Waals surface area contributed by atoms with Crippen LogP contribution in [0.2, 0.25) is 0 Å². The average molecular weight is 372 g/mol. The number of methoxy groups -OCH3 is 1. The van der Waals surface area contributed by atoms with Crippen LogP contribution in [0.25, 0.3) is 10.8 Å². The van der Waals surface area contributed by atoms with Crippen molar-refractivity contribution in [2.75, 3.05) is 7.11 Å². The van der Waals surface area contributed by atoms with Crippen molar-refractivity contribution in [2.45, 2.75) is 72.1 Å². The summed E-state index contributed by atoms with van der Waals surface area (Å²) >= 11 is 0. The van der Waals surface area contributed by atoms with Gasteiger partial charge >= 0.3 is 0 Å². The maximum Gasteiger partial charge on any atom is 0.255 e. The first-order chi connectivity index (χ1) is 12.8. The predicted molar refractivity (Wildman–Crippen MR) is 111 cm³/mol. The standard InChI is InChI=1S/C23H33NO3/c1-7-8-11-19(25)18-14-13-17-10-9-12-20(27-6)21(17)22(18)23(26)24(15(2)3)16(4)5/h9-10,12-16,19,25H,7-8,11H2,1-6H3. The van der Waals surface area contributed by atoms with Gasteiger partial charge in [0.05, 0.1) is 18.8 Å². The molecule has 0 aliphatic carbocycles. The van der Waals surface area contributed by atoms with Crippen molar-refractivity contribution in [1.29, 1.82) is 0 Å². The Balaban J connectivity index is 2.76. The van der Waals surface area contributed by atoms with Gasteiger partial charge in [0.25, 0.3) is 5.91 Å². The molecule has 2 aromatic rings. The molecule has 0 aliphatic rings. The molecule has 1 amide bonds. The van der Waals surface area contributed by atoms with Gasteiger partial charge in [-0.25, -0.2) is 0 Å². The quantitative estimate of drug-likeness (QED) is 0.682. The van der Waals surface area contributed by atoms with Crippen LogP contribution in [-0.2, 0) is 0 Å². The summed E-state index contributed by atoms with van der Waals surface area (Å²) in [7, 11) is 1.62. The molecule has 0 radical (unpaired) electrons. The summed E-state index contributed by atoms with van der Waals surface area (Å²) in [6.07, 6.45) is 1.89. The van der Waals surface area contributed by atoms with E-state index in [0.717, 1.165) is 23.6 Å². The average Bonchev–Trinajstić information content (AvgIpc) is 2.63. The molecule has 0 spiro atoms. The Kier molecular flexibility index (Phi) is 7.25. The third-order valence-corrected chi connectivity index (χ3v) is 5.01. The van der Waals surface area contributed by atoms with Crippen LogP contribution in [-0.4, -0.2) is 35.1 Å². The van der Waals surface area contributed by atoms with E-state index in [2.05, 4.69) is 6.92 Å². The Hall–Kier alpha value is -2.07. The van der Waals surface area contributed by atoms with E-state index in [4.69, 9.17) is 4.74 Å². The smallest absolute Gasteiger partial charge is 0.255 e. The van der Waals surface area contributed by atoms with Gasteiger partial charge in [-0.2, -0.15) is 0 Å². The molecule has 0 heterocycles. The molecule has 0 aliphatic heterocycles. The molecule has 2 rings (SSSR count). The van der Waals surface area contributed by atoms with Gasteiger partial charge in [0, 0.05) is 17.5 Å². The van der Waals surface area contributed by atoms with Gasteiger partial charge in [-0.15, -0.1) is 0 Å². The monoisotopic (exact) mass is 371 g/mol. The predicted octanol–water partition coefficient (Wildman–Crippen LogP) is 5.33. The number of unbranched alkanes of at least 4 members (excludes halogenated alkanes) is 1. The first kappa shape index (κ1) is 21.2. The lowest BCUT2D eigenvalue weighted by Crippen LogP contribution is -2.42. The zero-order valence-corrected chi connectivity index (χ0v) is 17.5. The van der Waals surface area contributed by atoms with Crippen LogP contribution in [0.5, 0.6) is 5.75 Å². The number of nitrogens with zero attached hydrogens (tertiary/aromatic N) is 1. The second-order valence-corrected chi connectivity index (χ2v) is 7.65. The summed E-state index contributed by atoms with van der Waals surface area (Å²) in [5.74, 6) is 0.605. The molecule has 4 nitrogen and oxygen atoms in total. The minimum Gasteiger partial charge on any atom is -0.496 e. The summed E-state index contributed by atoms with van der Waals surface area (Å²) < 4.78 is 5.58. The maximum atomic E-state index is 13.7. The molecule has 1 unspecified atom stereocenters. The van der Waals surface area contributed by atoms with E-state index >= 15 is 0 Å². The number of rotatable bonds is 8. The third-order valence-electron chi connectivity index (χ3n) is 5.01. The molecule has 2 aromatic carbocycles. The number of aliphatic hydroxyl groups excluding tert-OH is 1. The number of carbonyl (C=O) groups excluding carboxylic acids is 1. The molecule has 0 saturated carbocycles. The number of hydrogen-bond acceptors (Lipinski definition) is 3. The minimum absolute atomic E-state index is 0.0550. The summed E-state index contributed by atoms with van der Waals surface area (Å²) in [5, 5.41) is 12.6. The molecule has 27 heavy (non-hydrogen) atoms. The van der Waals surface area contributed by atoms with Gasteiger partial charge < -0.3 is 14.7 Å². The van der Waals surface area contributed by atoms with Gasteiger partial charge in [0.2, 0.25) is 0 Å². The van der Waals surface area contributed by atoms with Crippen molar-refractivity contribution in [3.05, 3.63) is 41.5 Å². The molecule has 1 atom stereocenters. The zero-order valence-electron chi connectivity index (χ0n) is 17.5. The molecule has 0 aromatic heterocycles. The summed E-state index contributed by atoms with van der Waals surface area (Å²) in [4.78, 5) is 15.5. The van der Waals surface area contributed by atoms with Crippen LogP contribution in [0.15, 0.2) is 30.3 Å². The summed E-state index contributed by atoms with van der Waals surface area (Å²) in [6, 6.07) is 9.75. The number of hydrogen-bond donors (Lipinski definition) is 1. The van der Waals surface area contributed by atoms with Crippen molar-refractivity contribution in [3.63, 3.8) is 0 Å². The van der Waals surface area contributed by atoms with Crippen LogP contribution < -0.4 is 4.74 Å². The number of amides is 1. The fourth-order valence-electron chi connectivity index (χ4n) is 3.79. The Morgan fingerprint density at radius 2 is 1.78 bits per heavy atom. The Labute approximate surface area is 163 Å². The summed E-state index contributed by atoms with van der Waals surface area (Å²) in [6.45, 7) is 10.2. The fourth-order valence-corrected chi connectivity index (χ4v) is 3.79. The minimum atomic E-state index is -0.667. The largest absolute Gasteiger partial charge is 0.496 e. The Morgan fingerprint density at radius 1 is 1.11 bits per heavy atom. The highest BCUT2D eigenvalue weighted by Gasteiger charge is 2.28. The van der Waals surface area contributed by atoms with Crippen LogP contribution >= 0.6 is 0 Å². The molecule has 1 N–H and O–H groups in total. The Bertz CT molecular complexity index is 775. The zero-order chi connectivity index (χ0) is 20.1. The van der Waals surface area contributed by atoms with E-state index in [0.29, 0.717) is 23.3 Å². The van der Waals surface area contributed by atoms with Crippen LogP contribution in [0, 0.1) is 0 Å².